The van der Waals surface area contributed by atoms with E-state index in [1.54, 1.807) is 24.3 Å². The minimum Gasteiger partial charge on any atom is -0.483 e. The molecule has 0 saturated heterocycles. The van der Waals surface area contributed by atoms with Crippen LogP contribution in [-0.4, -0.2) is 18.4 Å². The summed E-state index contributed by atoms with van der Waals surface area (Å²) >= 11 is 0. The van der Waals surface area contributed by atoms with E-state index < -0.39 is 24.1 Å². The van der Waals surface area contributed by atoms with Gasteiger partial charge >= 0.3 is 0 Å². The number of hydrogen-bond acceptors (Lipinski definition) is 3. The van der Waals surface area contributed by atoms with E-state index in [0.717, 1.165) is 17.7 Å². The third kappa shape index (κ3) is 5.87. The van der Waals surface area contributed by atoms with Crippen molar-refractivity contribution in [2.45, 2.75) is 6.54 Å². The van der Waals surface area contributed by atoms with Gasteiger partial charge in [-0.2, -0.15) is 0 Å². The second kappa shape index (κ2) is 9.45. The van der Waals surface area contributed by atoms with Crippen molar-refractivity contribution in [3.05, 3.63) is 95.6 Å². The summed E-state index contributed by atoms with van der Waals surface area (Å²) in [4.78, 5) is 24.5. The summed E-state index contributed by atoms with van der Waals surface area (Å²) in [6.07, 6.45) is 0. The predicted octanol–water partition coefficient (Wildman–Crippen LogP) is 3.91. The van der Waals surface area contributed by atoms with Gasteiger partial charge in [0.1, 0.15) is 17.4 Å². The molecule has 2 N–H and O–H groups in total. The standard InChI is InChI=1S/C22H18F2N2O3/c23-16-10-17(24)12-18(11-16)26-21(27)14-29-20-9-5-4-8-19(20)22(28)25-13-15-6-2-1-3-7-15/h1-12H,13-14H2,(H,25,28)(H,26,27). The minimum absolute atomic E-state index is 0.0232. The molecule has 0 fully saturated rings. The van der Waals surface area contributed by atoms with Crippen LogP contribution in [0.15, 0.2) is 72.8 Å². The van der Waals surface area contributed by atoms with Gasteiger partial charge in [-0.25, -0.2) is 8.78 Å². The number of carbonyl (C=O) groups excluding carboxylic acids is 2. The van der Waals surface area contributed by atoms with Crippen LogP contribution in [0, 0.1) is 11.6 Å². The highest BCUT2D eigenvalue weighted by atomic mass is 19.1. The van der Waals surface area contributed by atoms with Crippen molar-refractivity contribution in [2.75, 3.05) is 11.9 Å². The molecular weight excluding hydrogens is 378 g/mol. The quantitative estimate of drug-likeness (QED) is 0.636. The summed E-state index contributed by atoms with van der Waals surface area (Å²) < 4.78 is 31.8. The monoisotopic (exact) mass is 396 g/mol. The van der Waals surface area contributed by atoms with Crippen LogP contribution in [0.1, 0.15) is 15.9 Å². The van der Waals surface area contributed by atoms with E-state index in [1.807, 2.05) is 30.3 Å². The van der Waals surface area contributed by atoms with E-state index in [-0.39, 0.29) is 22.9 Å². The van der Waals surface area contributed by atoms with E-state index in [1.165, 1.54) is 0 Å². The van der Waals surface area contributed by atoms with Crippen molar-refractivity contribution >= 4 is 17.5 Å². The highest BCUT2D eigenvalue weighted by molar-refractivity contribution is 5.97. The molecule has 5 nitrogen and oxygen atoms in total. The lowest BCUT2D eigenvalue weighted by molar-refractivity contribution is -0.118. The molecule has 0 aliphatic heterocycles. The second-order valence-corrected chi connectivity index (χ2v) is 6.16. The Balaban J connectivity index is 1.59. The third-order valence-corrected chi connectivity index (χ3v) is 3.93. The topological polar surface area (TPSA) is 67.4 Å². The van der Waals surface area contributed by atoms with Crippen molar-refractivity contribution in [1.82, 2.24) is 5.32 Å². The Hall–Kier alpha value is -3.74. The van der Waals surface area contributed by atoms with E-state index in [0.29, 0.717) is 12.6 Å². The zero-order valence-electron chi connectivity index (χ0n) is 15.3. The molecule has 0 spiro atoms. The Morgan fingerprint density at radius 2 is 1.52 bits per heavy atom. The fourth-order valence-electron chi connectivity index (χ4n) is 2.62. The first kappa shape index (κ1) is 20.0. The summed E-state index contributed by atoms with van der Waals surface area (Å²) in [5.41, 5.74) is 1.19. The number of anilines is 1. The van der Waals surface area contributed by atoms with Gasteiger partial charge in [-0.1, -0.05) is 42.5 Å². The number of nitrogens with one attached hydrogen (secondary N) is 2. The minimum atomic E-state index is -0.804. The molecule has 0 unspecified atom stereocenters. The maximum atomic E-state index is 13.2. The molecule has 0 heterocycles. The van der Waals surface area contributed by atoms with Crippen LogP contribution >= 0.6 is 0 Å². The van der Waals surface area contributed by atoms with Crippen LogP contribution in [0.4, 0.5) is 14.5 Å². The second-order valence-electron chi connectivity index (χ2n) is 6.16. The summed E-state index contributed by atoms with van der Waals surface area (Å²) in [6, 6.07) is 18.6. The molecule has 3 aromatic carbocycles. The van der Waals surface area contributed by atoms with Crippen molar-refractivity contribution in [3.63, 3.8) is 0 Å². The molecule has 0 aromatic heterocycles. The lowest BCUT2D eigenvalue weighted by atomic mass is 10.1. The molecule has 0 bridgehead atoms. The average Bonchev–Trinajstić information content (AvgIpc) is 2.71. The number of rotatable bonds is 7. The van der Waals surface area contributed by atoms with Gasteiger partial charge < -0.3 is 15.4 Å². The maximum absolute atomic E-state index is 13.2. The van der Waals surface area contributed by atoms with E-state index >= 15 is 0 Å². The summed E-state index contributed by atoms with van der Waals surface area (Å²) in [5, 5.41) is 5.14. The lowest BCUT2D eigenvalue weighted by Gasteiger charge is -2.12. The number of para-hydroxylation sites is 1. The van der Waals surface area contributed by atoms with Gasteiger partial charge in [0, 0.05) is 18.3 Å². The number of hydrogen-bond donors (Lipinski definition) is 2. The number of carbonyl (C=O) groups is 2. The molecular formula is C22H18F2N2O3. The van der Waals surface area contributed by atoms with E-state index in [4.69, 9.17) is 4.74 Å². The summed E-state index contributed by atoms with van der Waals surface area (Å²) in [6.45, 7) is -0.0826. The Bertz CT molecular complexity index is 990. The first-order chi connectivity index (χ1) is 14.0. The first-order valence-electron chi connectivity index (χ1n) is 8.81. The smallest absolute Gasteiger partial charge is 0.262 e. The van der Waals surface area contributed by atoms with Crippen LogP contribution in [0.5, 0.6) is 5.75 Å². The Labute approximate surface area is 166 Å². The van der Waals surface area contributed by atoms with Crippen LogP contribution in [0.3, 0.4) is 0 Å². The van der Waals surface area contributed by atoms with Crippen molar-refractivity contribution in [1.29, 1.82) is 0 Å². The van der Waals surface area contributed by atoms with Crippen LogP contribution in [0.2, 0.25) is 0 Å². The molecule has 0 saturated carbocycles. The summed E-state index contributed by atoms with van der Waals surface area (Å²) in [5.74, 6) is -2.35. The van der Waals surface area contributed by atoms with Gasteiger partial charge in [-0.05, 0) is 29.8 Å². The molecule has 7 heteroatoms. The van der Waals surface area contributed by atoms with Crippen molar-refractivity contribution in [2.24, 2.45) is 0 Å². The number of halogens is 2. The predicted molar refractivity (Wildman–Crippen MR) is 105 cm³/mol. The van der Waals surface area contributed by atoms with E-state index in [2.05, 4.69) is 10.6 Å². The van der Waals surface area contributed by atoms with E-state index in [9.17, 15) is 18.4 Å². The average molecular weight is 396 g/mol. The van der Waals surface area contributed by atoms with Gasteiger partial charge in [0.2, 0.25) is 0 Å². The van der Waals surface area contributed by atoms with Crippen molar-refractivity contribution in [3.8, 4) is 5.75 Å². The molecule has 0 radical (unpaired) electrons. The Morgan fingerprint density at radius 1 is 0.862 bits per heavy atom. The zero-order chi connectivity index (χ0) is 20.6. The first-order valence-corrected chi connectivity index (χ1v) is 8.81. The maximum Gasteiger partial charge on any atom is 0.262 e. The van der Waals surface area contributed by atoms with Crippen molar-refractivity contribution < 1.29 is 23.1 Å². The highest BCUT2D eigenvalue weighted by Crippen LogP contribution is 2.18. The van der Waals surface area contributed by atoms with Gasteiger partial charge in [0.15, 0.2) is 6.61 Å². The van der Waals surface area contributed by atoms with Gasteiger partial charge in [-0.3, -0.25) is 9.59 Å². The molecule has 2 amide bonds. The molecule has 0 aliphatic carbocycles. The van der Waals surface area contributed by atoms with Gasteiger partial charge in [-0.15, -0.1) is 0 Å². The molecule has 0 atom stereocenters. The largest absolute Gasteiger partial charge is 0.483 e. The highest BCUT2D eigenvalue weighted by Gasteiger charge is 2.13. The Morgan fingerprint density at radius 3 is 2.24 bits per heavy atom. The van der Waals surface area contributed by atoms with Crippen LogP contribution in [0.25, 0.3) is 0 Å². The Kier molecular flexibility index (Phi) is 6.52. The number of ether oxygens (including phenoxy) is 1. The zero-order valence-corrected chi connectivity index (χ0v) is 15.3. The van der Waals surface area contributed by atoms with Crippen LogP contribution in [-0.2, 0) is 11.3 Å². The lowest BCUT2D eigenvalue weighted by Crippen LogP contribution is -2.25. The fraction of sp³-hybridized carbons (Fsp3) is 0.0909. The van der Waals surface area contributed by atoms with Gasteiger partial charge in [0.25, 0.3) is 11.8 Å². The van der Waals surface area contributed by atoms with Crippen LogP contribution < -0.4 is 15.4 Å². The number of amides is 2. The molecule has 3 rings (SSSR count). The molecule has 148 valence electrons. The summed E-state index contributed by atoms with van der Waals surface area (Å²) in [7, 11) is 0. The molecule has 0 aliphatic rings. The fourth-order valence-corrected chi connectivity index (χ4v) is 2.62. The van der Waals surface area contributed by atoms with Gasteiger partial charge in [0.05, 0.1) is 5.56 Å². The SMILES string of the molecule is O=C(COc1ccccc1C(=O)NCc1ccccc1)Nc1cc(F)cc(F)c1. The molecule has 3 aromatic rings. The third-order valence-electron chi connectivity index (χ3n) is 3.93. The normalized spacial score (nSPS) is 10.3. The molecule has 29 heavy (non-hydrogen) atoms. The number of benzene rings is 3.